The Hall–Kier alpha value is -2.44. The van der Waals surface area contributed by atoms with Gasteiger partial charge in [-0.25, -0.2) is 10.2 Å². The quantitative estimate of drug-likeness (QED) is 0.635. The largest absolute Gasteiger partial charge is 0.493 e. The predicted octanol–water partition coefficient (Wildman–Crippen LogP) is 1.79. The first-order chi connectivity index (χ1) is 9.65. The lowest BCUT2D eigenvalue weighted by molar-refractivity contribution is 0.152. The van der Waals surface area contributed by atoms with Gasteiger partial charge in [0.1, 0.15) is 0 Å². The number of nitrogens with zero attached hydrogens (tertiary/aromatic N) is 1. The van der Waals surface area contributed by atoms with Crippen LogP contribution in [0.4, 0.5) is 4.79 Å². The van der Waals surface area contributed by atoms with Gasteiger partial charge in [0.25, 0.3) is 0 Å². The Bertz CT molecular complexity index is 463. The summed E-state index contributed by atoms with van der Waals surface area (Å²) in [6.07, 6.45) is 0.831. The molecular formula is C13H18N2O5. The number of benzene rings is 1. The normalized spacial score (nSPS) is 10.2. The molecule has 0 saturated carbocycles. The lowest BCUT2D eigenvalue weighted by Crippen LogP contribution is -2.18. The van der Waals surface area contributed by atoms with E-state index in [4.69, 9.17) is 14.2 Å². The molecule has 20 heavy (non-hydrogen) atoms. The first kappa shape index (κ1) is 15.6. The third-order valence-electron chi connectivity index (χ3n) is 2.33. The van der Waals surface area contributed by atoms with Crippen LogP contribution in [0.3, 0.4) is 0 Å². The Morgan fingerprint density at radius 2 is 1.80 bits per heavy atom. The minimum absolute atomic E-state index is 0.283. The standard InChI is InChI=1S/C13H18N2O5/c1-5-20-13(16)15-14-8-9-6-10(17-2)12(19-4)11(7-9)18-3/h6-8H,5H2,1-4H3,(H,15,16)/b14-8+. The number of hydrazone groups is 1. The van der Waals surface area contributed by atoms with Crippen LogP contribution >= 0.6 is 0 Å². The van der Waals surface area contributed by atoms with Crippen LogP contribution in [0.15, 0.2) is 17.2 Å². The van der Waals surface area contributed by atoms with Crippen molar-refractivity contribution in [2.45, 2.75) is 6.92 Å². The van der Waals surface area contributed by atoms with Gasteiger partial charge in [0, 0.05) is 5.56 Å². The number of hydrogen-bond donors (Lipinski definition) is 1. The molecule has 0 aromatic heterocycles. The summed E-state index contributed by atoms with van der Waals surface area (Å²) in [6, 6.07) is 3.41. The van der Waals surface area contributed by atoms with Gasteiger partial charge >= 0.3 is 6.09 Å². The van der Waals surface area contributed by atoms with Gasteiger partial charge in [-0.2, -0.15) is 5.10 Å². The molecule has 0 spiro atoms. The van der Waals surface area contributed by atoms with Gasteiger partial charge in [0.05, 0.1) is 34.2 Å². The zero-order valence-corrected chi connectivity index (χ0v) is 11.9. The van der Waals surface area contributed by atoms with Crippen LogP contribution < -0.4 is 19.6 Å². The number of nitrogens with one attached hydrogen (secondary N) is 1. The maximum absolute atomic E-state index is 11.1. The van der Waals surface area contributed by atoms with Crippen LogP contribution in [0, 0.1) is 0 Å². The van der Waals surface area contributed by atoms with Crippen molar-refractivity contribution in [1.29, 1.82) is 0 Å². The Balaban J connectivity index is 2.90. The monoisotopic (exact) mass is 282 g/mol. The van der Waals surface area contributed by atoms with Crippen molar-refractivity contribution < 1.29 is 23.7 Å². The summed E-state index contributed by atoms with van der Waals surface area (Å²) in [7, 11) is 4.57. The Morgan fingerprint density at radius 3 is 2.25 bits per heavy atom. The van der Waals surface area contributed by atoms with Crippen molar-refractivity contribution >= 4 is 12.3 Å². The van der Waals surface area contributed by atoms with Crippen LogP contribution in [-0.2, 0) is 4.74 Å². The molecule has 0 saturated heterocycles. The van der Waals surface area contributed by atoms with E-state index in [-0.39, 0.29) is 6.61 Å². The molecule has 0 atom stereocenters. The summed E-state index contributed by atoms with van der Waals surface area (Å²) in [5, 5.41) is 3.76. The average Bonchev–Trinajstić information content (AvgIpc) is 2.46. The Labute approximate surface area is 117 Å². The van der Waals surface area contributed by atoms with Gasteiger partial charge < -0.3 is 18.9 Å². The number of methoxy groups -OCH3 is 3. The van der Waals surface area contributed by atoms with Crippen LogP contribution in [0.25, 0.3) is 0 Å². The molecule has 110 valence electrons. The smallest absolute Gasteiger partial charge is 0.427 e. The summed E-state index contributed by atoms with van der Waals surface area (Å²) in [6.45, 7) is 1.99. The van der Waals surface area contributed by atoms with E-state index >= 15 is 0 Å². The van der Waals surface area contributed by atoms with Crippen LogP contribution in [0.1, 0.15) is 12.5 Å². The fraction of sp³-hybridized carbons (Fsp3) is 0.385. The third-order valence-corrected chi connectivity index (χ3v) is 2.33. The Kier molecular flexibility index (Phi) is 6.15. The van der Waals surface area contributed by atoms with Crippen LogP contribution in [0.2, 0.25) is 0 Å². The first-order valence-corrected chi connectivity index (χ1v) is 5.92. The molecule has 0 bridgehead atoms. The highest BCUT2D eigenvalue weighted by atomic mass is 16.6. The van der Waals surface area contributed by atoms with E-state index in [1.807, 2.05) is 0 Å². The molecule has 0 aliphatic carbocycles. The van der Waals surface area contributed by atoms with Gasteiger partial charge in [-0.05, 0) is 19.1 Å². The molecule has 0 fully saturated rings. The molecular weight excluding hydrogens is 264 g/mol. The maximum atomic E-state index is 11.1. The van der Waals surface area contributed by atoms with Crippen LogP contribution in [-0.4, -0.2) is 40.2 Å². The van der Waals surface area contributed by atoms with E-state index in [0.717, 1.165) is 0 Å². The minimum Gasteiger partial charge on any atom is -0.493 e. The molecule has 1 aromatic rings. The number of amides is 1. The maximum Gasteiger partial charge on any atom is 0.427 e. The fourth-order valence-electron chi connectivity index (χ4n) is 1.50. The molecule has 1 rings (SSSR count). The van der Waals surface area contributed by atoms with Crippen molar-refractivity contribution in [2.75, 3.05) is 27.9 Å². The topological polar surface area (TPSA) is 78.4 Å². The zero-order valence-electron chi connectivity index (χ0n) is 11.9. The van der Waals surface area contributed by atoms with Gasteiger partial charge in [0.2, 0.25) is 5.75 Å². The molecule has 0 aliphatic rings. The highest BCUT2D eigenvalue weighted by molar-refractivity contribution is 5.83. The second-order valence-corrected chi connectivity index (χ2v) is 3.55. The predicted molar refractivity (Wildman–Crippen MR) is 73.8 cm³/mol. The van der Waals surface area contributed by atoms with Gasteiger partial charge in [0.15, 0.2) is 11.5 Å². The zero-order chi connectivity index (χ0) is 15.0. The van der Waals surface area contributed by atoms with E-state index in [9.17, 15) is 4.79 Å². The molecule has 0 radical (unpaired) electrons. The van der Waals surface area contributed by atoms with E-state index in [1.165, 1.54) is 27.5 Å². The van der Waals surface area contributed by atoms with E-state index in [1.54, 1.807) is 19.1 Å². The summed E-state index contributed by atoms with van der Waals surface area (Å²) >= 11 is 0. The number of hydrogen-bond acceptors (Lipinski definition) is 6. The Morgan fingerprint density at radius 1 is 1.20 bits per heavy atom. The highest BCUT2D eigenvalue weighted by Crippen LogP contribution is 2.37. The molecule has 0 unspecified atom stereocenters. The molecule has 7 nitrogen and oxygen atoms in total. The first-order valence-electron chi connectivity index (χ1n) is 5.92. The molecule has 0 aliphatic heterocycles. The van der Waals surface area contributed by atoms with E-state index < -0.39 is 6.09 Å². The minimum atomic E-state index is -0.615. The SMILES string of the molecule is CCOC(=O)N/N=C/c1cc(OC)c(OC)c(OC)c1. The van der Waals surface area contributed by atoms with Crippen molar-refractivity contribution in [3.8, 4) is 17.2 Å². The summed E-state index contributed by atoms with van der Waals surface area (Å²) in [5.41, 5.74) is 2.91. The second-order valence-electron chi connectivity index (χ2n) is 3.55. The van der Waals surface area contributed by atoms with Crippen molar-refractivity contribution in [3.05, 3.63) is 17.7 Å². The van der Waals surface area contributed by atoms with Gasteiger partial charge in [-0.1, -0.05) is 0 Å². The van der Waals surface area contributed by atoms with Crippen LogP contribution in [0.5, 0.6) is 17.2 Å². The summed E-state index contributed by atoms with van der Waals surface area (Å²) < 4.78 is 20.3. The lowest BCUT2D eigenvalue weighted by Gasteiger charge is -2.12. The summed E-state index contributed by atoms with van der Waals surface area (Å²) in [5.74, 6) is 1.50. The van der Waals surface area contributed by atoms with Crippen molar-refractivity contribution in [3.63, 3.8) is 0 Å². The fourth-order valence-corrected chi connectivity index (χ4v) is 1.50. The van der Waals surface area contributed by atoms with Crippen molar-refractivity contribution in [1.82, 2.24) is 5.43 Å². The number of rotatable bonds is 6. The summed E-state index contributed by atoms with van der Waals surface area (Å²) in [4.78, 5) is 11.1. The van der Waals surface area contributed by atoms with E-state index in [2.05, 4.69) is 15.3 Å². The highest BCUT2D eigenvalue weighted by Gasteiger charge is 2.12. The van der Waals surface area contributed by atoms with E-state index in [0.29, 0.717) is 22.8 Å². The second kappa shape index (κ2) is 7.88. The lowest BCUT2D eigenvalue weighted by atomic mass is 10.2. The molecule has 1 amide bonds. The number of ether oxygens (including phenoxy) is 4. The number of carbonyl (C=O) groups excluding carboxylic acids is 1. The van der Waals surface area contributed by atoms with Crippen molar-refractivity contribution in [2.24, 2.45) is 5.10 Å². The number of carbonyl (C=O) groups is 1. The van der Waals surface area contributed by atoms with Gasteiger partial charge in [-0.3, -0.25) is 0 Å². The third kappa shape index (κ3) is 4.04. The molecule has 1 aromatic carbocycles. The van der Waals surface area contributed by atoms with Gasteiger partial charge in [-0.15, -0.1) is 0 Å². The average molecular weight is 282 g/mol. The molecule has 1 N–H and O–H groups in total. The molecule has 0 heterocycles. The molecule has 7 heteroatoms.